The second kappa shape index (κ2) is 15.7. The Bertz CT molecular complexity index is 1330. The summed E-state index contributed by atoms with van der Waals surface area (Å²) in [6.45, 7) is 12.8. The third-order valence-corrected chi connectivity index (χ3v) is 8.59. The predicted octanol–water partition coefficient (Wildman–Crippen LogP) is 6.75. The minimum absolute atomic E-state index is 0.199. The number of benzene rings is 2. The lowest BCUT2D eigenvalue weighted by Crippen LogP contribution is -2.49. The quantitative estimate of drug-likeness (QED) is 0.269. The fourth-order valence-corrected chi connectivity index (χ4v) is 6.00. The van der Waals surface area contributed by atoms with E-state index in [0.717, 1.165) is 11.1 Å². The van der Waals surface area contributed by atoms with Crippen molar-refractivity contribution in [2.75, 3.05) is 33.3 Å². The number of rotatable bonds is 6. The van der Waals surface area contributed by atoms with Gasteiger partial charge in [0.05, 0.1) is 17.9 Å². The SMILES string of the molecule is CC(C)(C)OC(=O)N1CCC(Cc2ccccc2)(C(=O)O)CC1.COC(=O)C1(Cc2ccccc2)CCN(C(=O)OC(C)(C)C)CC1. The maximum Gasteiger partial charge on any atom is 0.410 e. The Hall–Kier alpha value is -4.08. The minimum atomic E-state index is -0.806. The smallest absolute Gasteiger partial charge is 0.410 e. The summed E-state index contributed by atoms with van der Waals surface area (Å²) in [6, 6.07) is 19.6. The number of hydrogen-bond donors (Lipinski definition) is 1. The van der Waals surface area contributed by atoms with Gasteiger partial charge in [-0.2, -0.15) is 0 Å². The third-order valence-electron chi connectivity index (χ3n) is 8.59. The molecule has 0 unspecified atom stereocenters. The molecule has 47 heavy (non-hydrogen) atoms. The van der Waals surface area contributed by atoms with Crippen LogP contribution >= 0.6 is 0 Å². The van der Waals surface area contributed by atoms with Crippen molar-refractivity contribution in [2.24, 2.45) is 10.8 Å². The van der Waals surface area contributed by atoms with E-state index in [9.17, 15) is 24.3 Å². The summed E-state index contributed by atoms with van der Waals surface area (Å²) in [4.78, 5) is 51.9. The highest BCUT2D eigenvalue weighted by molar-refractivity contribution is 5.78. The number of carboxylic acid groups (broad SMARTS) is 1. The number of likely N-dealkylation sites (tertiary alicyclic amines) is 2. The topological polar surface area (TPSA) is 123 Å². The van der Waals surface area contributed by atoms with Gasteiger partial charge in [0.25, 0.3) is 0 Å². The molecule has 2 fully saturated rings. The summed E-state index contributed by atoms with van der Waals surface area (Å²) in [5.74, 6) is -0.986. The molecule has 2 aromatic rings. The summed E-state index contributed by atoms with van der Waals surface area (Å²) >= 11 is 0. The Morgan fingerprint density at radius 3 is 1.30 bits per heavy atom. The molecule has 2 amide bonds. The normalized spacial score (nSPS) is 17.4. The number of aliphatic carboxylic acids is 1. The number of carbonyl (C=O) groups is 4. The highest BCUT2D eigenvalue weighted by atomic mass is 16.6. The first-order valence-electron chi connectivity index (χ1n) is 16.3. The molecule has 2 aliphatic rings. The summed E-state index contributed by atoms with van der Waals surface area (Å²) in [7, 11) is 1.43. The van der Waals surface area contributed by atoms with E-state index in [-0.39, 0.29) is 18.2 Å². The molecule has 258 valence electrons. The van der Waals surface area contributed by atoms with E-state index in [4.69, 9.17) is 14.2 Å². The molecule has 1 N–H and O–H groups in total. The van der Waals surface area contributed by atoms with Crippen molar-refractivity contribution in [3.8, 4) is 0 Å². The van der Waals surface area contributed by atoms with Gasteiger partial charge in [-0.05, 0) is 91.2 Å². The molecule has 0 saturated carbocycles. The molecule has 0 bridgehead atoms. The zero-order valence-electron chi connectivity index (χ0n) is 29.0. The van der Waals surface area contributed by atoms with E-state index in [1.165, 1.54) is 7.11 Å². The fraction of sp³-hybridized carbons (Fsp3) is 0.568. The van der Waals surface area contributed by atoms with Gasteiger partial charge in [0.2, 0.25) is 0 Å². The lowest BCUT2D eigenvalue weighted by molar-refractivity contribution is -0.156. The van der Waals surface area contributed by atoms with Crippen molar-refractivity contribution in [1.29, 1.82) is 0 Å². The van der Waals surface area contributed by atoms with Crippen LogP contribution in [0.1, 0.15) is 78.4 Å². The van der Waals surface area contributed by atoms with Gasteiger partial charge in [0, 0.05) is 26.2 Å². The first-order valence-corrected chi connectivity index (χ1v) is 16.3. The lowest BCUT2D eigenvalue weighted by atomic mass is 9.74. The van der Waals surface area contributed by atoms with Crippen LogP contribution < -0.4 is 0 Å². The number of ether oxygens (including phenoxy) is 3. The maximum absolute atomic E-state index is 12.4. The summed E-state index contributed by atoms with van der Waals surface area (Å²) in [6.07, 6.45) is 2.47. The molecule has 0 spiro atoms. The van der Waals surface area contributed by atoms with Gasteiger partial charge in [-0.1, -0.05) is 60.7 Å². The zero-order chi connectivity index (χ0) is 34.9. The monoisotopic (exact) mass is 652 g/mol. The average molecular weight is 653 g/mol. The molecular weight excluding hydrogens is 600 g/mol. The number of piperidine rings is 2. The van der Waals surface area contributed by atoms with Gasteiger partial charge >= 0.3 is 24.1 Å². The maximum atomic E-state index is 12.4. The average Bonchev–Trinajstić information content (AvgIpc) is 3.01. The van der Waals surface area contributed by atoms with Crippen LogP contribution in [0.15, 0.2) is 60.7 Å². The second-order valence-electron chi connectivity index (χ2n) is 14.6. The molecule has 10 heteroatoms. The molecule has 2 saturated heterocycles. The van der Waals surface area contributed by atoms with Crippen molar-refractivity contribution in [3.63, 3.8) is 0 Å². The Labute approximate surface area is 279 Å². The van der Waals surface area contributed by atoms with Gasteiger partial charge < -0.3 is 29.1 Å². The molecule has 4 rings (SSSR count). The van der Waals surface area contributed by atoms with Crippen LogP contribution in [-0.2, 0) is 36.6 Å². The number of carbonyl (C=O) groups excluding carboxylic acids is 3. The summed E-state index contributed by atoms with van der Waals surface area (Å²) in [5.41, 5.74) is -0.316. The van der Waals surface area contributed by atoms with E-state index in [0.29, 0.717) is 64.7 Å². The van der Waals surface area contributed by atoms with Crippen LogP contribution in [0.3, 0.4) is 0 Å². The molecule has 0 radical (unpaired) electrons. The number of nitrogens with zero attached hydrogens (tertiary/aromatic N) is 2. The van der Waals surface area contributed by atoms with Gasteiger partial charge in [-0.25, -0.2) is 9.59 Å². The van der Waals surface area contributed by atoms with Crippen molar-refractivity contribution < 1.29 is 38.5 Å². The summed E-state index contributed by atoms with van der Waals surface area (Å²) < 4.78 is 15.9. The van der Waals surface area contributed by atoms with E-state index >= 15 is 0 Å². The molecule has 0 atom stereocenters. The van der Waals surface area contributed by atoms with E-state index < -0.39 is 28.0 Å². The predicted molar refractivity (Wildman–Crippen MR) is 179 cm³/mol. The molecule has 2 aromatic carbocycles. The molecule has 2 heterocycles. The van der Waals surface area contributed by atoms with E-state index in [1.807, 2.05) is 102 Å². The molecular formula is C37H52N2O8. The molecule has 0 aromatic heterocycles. The van der Waals surface area contributed by atoms with Crippen molar-refractivity contribution in [1.82, 2.24) is 9.80 Å². The summed E-state index contributed by atoms with van der Waals surface area (Å²) in [5, 5.41) is 9.73. The molecule has 10 nitrogen and oxygen atoms in total. The number of methoxy groups -OCH3 is 1. The number of carboxylic acids is 1. The second-order valence-corrected chi connectivity index (χ2v) is 14.6. The van der Waals surface area contributed by atoms with Crippen molar-refractivity contribution in [3.05, 3.63) is 71.8 Å². The highest BCUT2D eigenvalue weighted by Crippen LogP contribution is 2.38. The number of amides is 2. The Morgan fingerprint density at radius 1 is 0.638 bits per heavy atom. The number of esters is 1. The third kappa shape index (κ3) is 11.0. The van der Waals surface area contributed by atoms with Gasteiger partial charge in [-0.15, -0.1) is 0 Å². The van der Waals surface area contributed by atoms with Crippen molar-refractivity contribution >= 4 is 24.1 Å². The van der Waals surface area contributed by atoms with Crippen LogP contribution in [0.25, 0.3) is 0 Å². The van der Waals surface area contributed by atoms with Gasteiger partial charge in [-0.3, -0.25) is 9.59 Å². The minimum Gasteiger partial charge on any atom is -0.481 e. The highest BCUT2D eigenvalue weighted by Gasteiger charge is 2.44. The van der Waals surface area contributed by atoms with E-state index in [2.05, 4.69) is 0 Å². The van der Waals surface area contributed by atoms with Gasteiger partial charge in [0.15, 0.2) is 0 Å². The Balaban J connectivity index is 0.000000256. The molecule has 2 aliphatic heterocycles. The van der Waals surface area contributed by atoms with Crippen LogP contribution in [0, 0.1) is 10.8 Å². The van der Waals surface area contributed by atoms with E-state index in [1.54, 1.807) is 9.80 Å². The zero-order valence-corrected chi connectivity index (χ0v) is 29.0. The Morgan fingerprint density at radius 2 is 0.979 bits per heavy atom. The lowest BCUT2D eigenvalue weighted by Gasteiger charge is -2.40. The van der Waals surface area contributed by atoms with Gasteiger partial charge in [0.1, 0.15) is 11.2 Å². The molecule has 0 aliphatic carbocycles. The van der Waals surface area contributed by atoms with Crippen LogP contribution in [0.4, 0.5) is 9.59 Å². The first kappa shape index (κ1) is 37.4. The number of hydrogen-bond acceptors (Lipinski definition) is 7. The first-order chi connectivity index (χ1) is 22.0. The largest absolute Gasteiger partial charge is 0.481 e. The fourth-order valence-electron chi connectivity index (χ4n) is 6.00. The Kier molecular flexibility index (Phi) is 12.5. The van der Waals surface area contributed by atoms with Crippen LogP contribution in [-0.4, -0.2) is 83.5 Å². The van der Waals surface area contributed by atoms with Crippen LogP contribution in [0.2, 0.25) is 0 Å². The van der Waals surface area contributed by atoms with Crippen molar-refractivity contribution in [2.45, 2.75) is 91.3 Å². The standard InChI is InChI=1S/C19H27NO4.C18H25NO4/c1-18(2,3)24-17(22)20-12-10-19(11-13-20,16(21)23-4)14-15-8-6-5-7-9-15;1-17(2,3)23-16(22)19-11-9-18(10-12-19,15(20)21)13-14-7-5-4-6-8-14/h5-9H,10-14H2,1-4H3;4-8H,9-13H2,1-3H3,(H,20,21). The van der Waals surface area contributed by atoms with Crippen LogP contribution in [0.5, 0.6) is 0 Å².